The van der Waals surface area contributed by atoms with Gasteiger partial charge in [-0.25, -0.2) is 9.99 Å². The van der Waals surface area contributed by atoms with Crippen molar-refractivity contribution in [2.24, 2.45) is 11.0 Å². The quantitative estimate of drug-likeness (QED) is 0.709. The molecule has 2 aliphatic heterocycles. The third-order valence-corrected chi connectivity index (χ3v) is 5.07. The van der Waals surface area contributed by atoms with Gasteiger partial charge in [0, 0.05) is 37.8 Å². The Morgan fingerprint density at radius 3 is 2.82 bits per heavy atom. The number of piperidine rings is 1. The van der Waals surface area contributed by atoms with Gasteiger partial charge in [-0.1, -0.05) is 30.9 Å². The number of hydrazone groups is 1. The first-order valence-corrected chi connectivity index (χ1v) is 9.59. The smallest absolute Gasteiger partial charge is 0.318 e. The lowest BCUT2D eigenvalue weighted by molar-refractivity contribution is -0.137. The summed E-state index contributed by atoms with van der Waals surface area (Å²) in [5.41, 5.74) is 0.898. The number of carbonyl (C=O) groups excluding carboxylic acids is 1. The van der Waals surface area contributed by atoms with Crippen LogP contribution in [0.1, 0.15) is 26.2 Å². The van der Waals surface area contributed by atoms with E-state index in [-0.39, 0.29) is 17.9 Å². The maximum Gasteiger partial charge on any atom is 0.318 e. The Labute approximate surface area is 166 Å². The summed E-state index contributed by atoms with van der Waals surface area (Å²) in [4.78, 5) is 23.6. The Balaban J connectivity index is 1.59. The van der Waals surface area contributed by atoms with Crippen LogP contribution in [0.3, 0.4) is 0 Å². The Hall–Kier alpha value is -2.96. The maximum atomic E-state index is 13.1. The largest absolute Gasteiger partial charge is 0.467 e. The molecule has 1 amide bonds. The molecule has 28 heavy (non-hydrogen) atoms. The summed E-state index contributed by atoms with van der Waals surface area (Å²) in [5.74, 6) is 0.876. The van der Waals surface area contributed by atoms with Crippen molar-refractivity contribution in [1.82, 2.24) is 15.0 Å². The minimum Gasteiger partial charge on any atom is -0.467 e. The van der Waals surface area contributed by atoms with E-state index in [1.807, 2.05) is 37.3 Å². The van der Waals surface area contributed by atoms with Crippen LogP contribution in [-0.4, -0.2) is 53.3 Å². The van der Waals surface area contributed by atoms with E-state index in [9.17, 15) is 4.79 Å². The van der Waals surface area contributed by atoms with Gasteiger partial charge in [0.05, 0.1) is 13.2 Å². The lowest BCUT2D eigenvalue weighted by Crippen LogP contribution is -2.43. The predicted molar refractivity (Wildman–Crippen MR) is 110 cm³/mol. The van der Waals surface area contributed by atoms with Crippen LogP contribution in [0.2, 0.25) is 0 Å². The van der Waals surface area contributed by atoms with Crippen molar-refractivity contribution in [1.29, 1.82) is 0 Å². The van der Waals surface area contributed by atoms with Crippen molar-refractivity contribution in [2.75, 3.05) is 25.1 Å². The van der Waals surface area contributed by atoms with Crippen LogP contribution < -0.4 is 9.64 Å². The van der Waals surface area contributed by atoms with Gasteiger partial charge in [-0.3, -0.25) is 4.79 Å². The number of allylic oxidation sites excluding steroid dienone is 3. The molecule has 3 heterocycles. The number of aromatic nitrogens is 2. The molecule has 7 nitrogen and oxygen atoms in total. The molecule has 1 aromatic heterocycles. The van der Waals surface area contributed by atoms with Gasteiger partial charge in [0.15, 0.2) is 0 Å². The molecule has 1 aromatic rings. The zero-order valence-corrected chi connectivity index (χ0v) is 16.5. The molecule has 0 aliphatic carbocycles. The number of ether oxygens (including phenoxy) is 1. The molecule has 0 aromatic carbocycles. The van der Waals surface area contributed by atoms with Gasteiger partial charge in [0.2, 0.25) is 5.91 Å². The van der Waals surface area contributed by atoms with Crippen LogP contribution in [-0.2, 0) is 4.79 Å². The van der Waals surface area contributed by atoms with E-state index in [0.29, 0.717) is 12.4 Å². The summed E-state index contributed by atoms with van der Waals surface area (Å²) >= 11 is 0. The highest BCUT2D eigenvalue weighted by Crippen LogP contribution is 2.28. The zero-order valence-electron chi connectivity index (χ0n) is 16.5. The molecular formula is C21H27N5O2. The molecule has 0 saturated carbocycles. The Morgan fingerprint density at radius 1 is 1.32 bits per heavy atom. The fraction of sp³-hybridized carbons (Fsp3) is 0.429. The SMILES string of the molecule is C=C(/C=C\C=C/C)[C@@H]1CC=NN1C(=O)C1CCN(c2ccnc(OC)n2)CC1. The van der Waals surface area contributed by atoms with Gasteiger partial charge in [-0.15, -0.1) is 0 Å². The van der Waals surface area contributed by atoms with E-state index in [2.05, 4.69) is 26.5 Å². The molecule has 1 fully saturated rings. The van der Waals surface area contributed by atoms with E-state index < -0.39 is 0 Å². The number of nitrogens with zero attached hydrogens (tertiary/aromatic N) is 5. The lowest BCUT2D eigenvalue weighted by atomic mass is 9.94. The first-order valence-electron chi connectivity index (χ1n) is 9.59. The number of methoxy groups -OCH3 is 1. The number of hydrogen-bond acceptors (Lipinski definition) is 6. The minimum absolute atomic E-state index is 0.0370. The molecule has 3 rings (SSSR count). The lowest BCUT2D eigenvalue weighted by Gasteiger charge is -2.34. The second-order valence-electron chi connectivity index (χ2n) is 6.86. The first kappa shape index (κ1) is 19.8. The van der Waals surface area contributed by atoms with Crippen LogP contribution in [0.4, 0.5) is 5.82 Å². The van der Waals surface area contributed by atoms with Crippen molar-refractivity contribution >= 4 is 17.9 Å². The Kier molecular flexibility index (Phi) is 6.57. The number of rotatable bonds is 6. The summed E-state index contributed by atoms with van der Waals surface area (Å²) in [6.45, 7) is 7.62. The van der Waals surface area contributed by atoms with E-state index in [1.165, 1.54) is 0 Å². The number of hydrogen-bond donors (Lipinski definition) is 0. The molecule has 0 N–H and O–H groups in total. The third kappa shape index (κ3) is 4.47. The monoisotopic (exact) mass is 381 g/mol. The summed E-state index contributed by atoms with van der Waals surface area (Å²) in [7, 11) is 1.55. The molecule has 0 radical (unpaired) electrons. The summed E-state index contributed by atoms with van der Waals surface area (Å²) in [6.07, 6.45) is 13.5. The molecule has 0 bridgehead atoms. The van der Waals surface area contributed by atoms with Gasteiger partial charge in [-0.2, -0.15) is 10.1 Å². The molecule has 2 aliphatic rings. The molecule has 1 saturated heterocycles. The van der Waals surface area contributed by atoms with Crippen molar-refractivity contribution in [2.45, 2.75) is 32.2 Å². The van der Waals surface area contributed by atoms with E-state index in [4.69, 9.17) is 4.74 Å². The first-order chi connectivity index (χ1) is 13.6. The van der Waals surface area contributed by atoms with Gasteiger partial charge in [0.25, 0.3) is 0 Å². The standard InChI is InChI=1S/C21H27N5O2/c1-4-5-6-7-16(2)18-8-13-23-26(18)20(27)17-10-14-25(15-11-17)19-9-12-22-21(24-19)28-3/h4-7,9,12-13,17-18H,2,8,10-11,14-15H2,1,3H3/b5-4-,7-6-/t18-/m0/s1. The average molecular weight is 381 g/mol. The number of amides is 1. The summed E-state index contributed by atoms with van der Waals surface area (Å²) < 4.78 is 5.10. The fourth-order valence-corrected chi connectivity index (χ4v) is 3.48. The normalized spacial score (nSPS) is 20.4. The van der Waals surface area contributed by atoms with Crippen molar-refractivity contribution in [3.8, 4) is 6.01 Å². The third-order valence-electron chi connectivity index (χ3n) is 5.07. The van der Waals surface area contributed by atoms with Crippen molar-refractivity contribution in [3.05, 3.63) is 48.7 Å². The number of carbonyl (C=O) groups is 1. The van der Waals surface area contributed by atoms with Crippen molar-refractivity contribution < 1.29 is 9.53 Å². The maximum absolute atomic E-state index is 13.1. The van der Waals surface area contributed by atoms with Crippen LogP contribution in [0.15, 0.2) is 53.8 Å². The Bertz CT molecular complexity index is 794. The highest BCUT2D eigenvalue weighted by atomic mass is 16.5. The van der Waals surface area contributed by atoms with Gasteiger partial charge in [-0.05, 0) is 31.4 Å². The van der Waals surface area contributed by atoms with Crippen LogP contribution in [0, 0.1) is 5.92 Å². The second-order valence-corrected chi connectivity index (χ2v) is 6.86. The molecule has 1 atom stereocenters. The minimum atomic E-state index is -0.0850. The Morgan fingerprint density at radius 2 is 2.11 bits per heavy atom. The molecule has 7 heteroatoms. The average Bonchev–Trinajstić information content (AvgIpc) is 3.23. The summed E-state index contributed by atoms with van der Waals surface area (Å²) in [6, 6.07) is 2.14. The van der Waals surface area contributed by atoms with E-state index >= 15 is 0 Å². The van der Waals surface area contributed by atoms with Gasteiger partial charge >= 0.3 is 6.01 Å². The summed E-state index contributed by atoms with van der Waals surface area (Å²) in [5, 5.41) is 5.96. The highest BCUT2D eigenvalue weighted by Gasteiger charge is 2.34. The number of anilines is 1. The molecule has 0 unspecified atom stereocenters. The molecule has 148 valence electrons. The topological polar surface area (TPSA) is 70.9 Å². The van der Waals surface area contributed by atoms with Crippen molar-refractivity contribution in [3.63, 3.8) is 0 Å². The second kappa shape index (κ2) is 9.30. The fourth-order valence-electron chi connectivity index (χ4n) is 3.48. The van der Waals surface area contributed by atoms with E-state index in [0.717, 1.165) is 37.3 Å². The van der Waals surface area contributed by atoms with Gasteiger partial charge < -0.3 is 9.64 Å². The van der Waals surface area contributed by atoms with Crippen LogP contribution >= 0.6 is 0 Å². The molecule has 0 spiro atoms. The van der Waals surface area contributed by atoms with Crippen LogP contribution in [0.5, 0.6) is 6.01 Å². The van der Waals surface area contributed by atoms with Crippen LogP contribution in [0.25, 0.3) is 0 Å². The van der Waals surface area contributed by atoms with E-state index in [1.54, 1.807) is 24.5 Å². The van der Waals surface area contributed by atoms with Gasteiger partial charge in [0.1, 0.15) is 5.82 Å². The molecular weight excluding hydrogens is 354 g/mol. The highest BCUT2D eigenvalue weighted by molar-refractivity contribution is 5.82. The zero-order chi connectivity index (χ0) is 19.9. The predicted octanol–water partition coefficient (Wildman–Crippen LogP) is 2.98.